The molecule has 0 radical (unpaired) electrons. The first-order valence-corrected chi connectivity index (χ1v) is 8.39. The van der Waals surface area contributed by atoms with Gasteiger partial charge in [0.2, 0.25) is 0 Å². The van der Waals surface area contributed by atoms with Crippen LogP contribution in [0.1, 0.15) is 11.1 Å². The van der Waals surface area contributed by atoms with Crippen molar-refractivity contribution in [1.29, 1.82) is 0 Å². The molecule has 0 aliphatic carbocycles. The van der Waals surface area contributed by atoms with Gasteiger partial charge in [0.25, 0.3) is 0 Å². The zero-order valence-electron chi connectivity index (χ0n) is 12.5. The van der Waals surface area contributed by atoms with Crippen LogP contribution in [0.2, 0.25) is 10.0 Å². The molecule has 2 aromatic rings. The van der Waals surface area contributed by atoms with E-state index in [0.717, 1.165) is 49.3 Å². The fourth-order valence-corrected chi connectivity index (χ4v) is 3.14. The predicted octanol–water partition coefficient (Wildman–Crippen LogP) is 4.31. The lowest BCUT2D eigenvalue weighted by Gasteiger charge is -2.34. The van der Waals surface area contributed by atoms with Crippen LogP contribution in [0.4, 0.5) is 0 Å². The fraction of sp³-hybridized carbons (Fsp3) is 0.333. The molecule has 0 atom stereocenters. The van der Waals surface area contributed by atoms with Crippen LogP contribution >= 0.6 is 23.2 Å². The molecular weight excluding hydrogens is 315 g/mol. The molecule has 2 aromatic carbocycles. The number of halogens is 2. The average molecular weight is 335 g/mol. The molecule has 0 bridgehead atoms. The summed E-state index contributed by atoms with van der Waals surface area (Å²) in [5, 5.41) is 1.67. The molecule has 1 saturated heterocycles. The molecule has 0 aromatic heterocycles. The lowest BCUT2D eigenvalue weighted by atomic mass is 10.1. The Morgan fingerprint density at radius 2 is 1.32 bits per heavy atom. The molecule has 4 heteroatoms. The topological polar surface area (TPSA) is 6.48 Å². The summed E-state index contributed by atoms with van der Waals surface area (Å²) >= 11 is 12.2. The molecule has 1 aliphatic heterocycles. The van der Waals surface area contributed by atoms with Gasteiger partial charge in [-0.25, -0.2) is 0 Å². The van der Waals surface area contributed by atoms with Gasteiger partial charge in [-0.2, -0.15) is 0 Å². The van der Waals surface area contributed by atoms with E-state index < -0.39 is 0 Å². The van der Waals surface area contributed by atoms with Gasteiger partial charge in [-0.15, -0.1) is 0 Å². The van der Waals surface area contributed by atoms with E-state index in [2.05, 4.69) is 34.1 Å². The number of hydrogen-bond donors (Lipinski definition) is 0. The summed E-state index contributed by atoms with van der Waals surface area (Å²) in [7, 11) is 0. The van der Waals surface area contributed by atoms with Crippen molar-refractivity contribution in [3.8, 4) is 0 Å². The third-order valence-corrected chi connectivity index (χ3v) is 4.76. The van der Waals surface area contributed by atoms with Gasteiger partial charge in [0, 0.05) is 49.3 Å². The van der Waals surface area contributed by atoms with Gasteiger partial charge in [-0.1, -0.05) is 53.5 Å². The predicted molar refractivity (Wildman–Crippen MR) is 93.5 cm³/mol. The van der Waals surface area contributed by atoms with E-state index in [4.69, 9.17) is 23.2 Å². The molecule has 1 heterocycles. The summed E-state index contributed by atoms with van der Waals surface area (Å²) in [4.78, 5) is 4.96. The first-order chi connectivity index (χ1) is 10.7. The zero-order valence-corrected chi connectivity index (χ0v) is 14.0. The molecule has 116 valence electrons. The maximum atomic E-state index is 6.24. The molecule has 0 saturated carbocycles. The number of hydrogen-bond acceptors (Lipinski definition) is 2. The Kier molecular flexibility index (Phi) is 5.37. The van der Waals surface area contributed by atoms with E-state index in [-0.39, 0.29) is 0 Å². The monoisotopic (exact) mass is 334 g/mol. The van der Waals surface area contributed by atoms with Crippen molar-refractivity contribution in [1.82, 2.24) is 9.80 Å². The minimum absolute atomic E-state index is 0.799. The second-order valence-corrected chi connectivity index (χ2v) is 6.61. The fourth-order valence-electron chi connectivity index (χ4n) is 2.82. The quantitative estimate of drug-likeness (QED) is 0.821. The average Bonchev–Trinajstić information content (AvgIpc) is 2.54. The first kappa shape index (κ1) is 15.8. The second kappa shape index (κ2) is 7.47. The minimum atomic E-state index is 0.799. The number of rotatable bonds is 4. The summed E-state index contributed by atoms with van der Waals surface area (Å²) in [6.07, 6.45) is 0. The van der Waals surface area contributed by atoms with E-state index in [9.17, 15) is 0 Å². The van der Waals surface area contributed by atoms with Crippen molar-refractivity contribution in [3.05, 3.63) is 69.7 Å². The lowest BCUT2D eigenvalue weighted by molar-refractivity contribution is 0.122. The molecule has 0 unspecified atom stereocenters. The van der Waals surface area contributed by atoms with E-state index >= 15 is 0 Å². The highest BCUT2D eigenvalue weighted by molar-refractivity contribution is 6.31. The Morgan fingerprint density at radius 1 is 0.727 bits per heavy atom. The molecule has 2 nitrogen and oxygen atoms in total. The molecule has 0 N–H and O–H groups in total. The van der Waals surface area contributed by atoms with Crippen molar-refractivity contribution in [2.45, 2.75) is 13.1 Å². The summed E-state index contributed by atoms with van der Waals surface area (Å²) < 4.78 is 0. The number of nitrogens with zero attached hydrogens (tertiary/aromatic N) is 2. The van der Waals surface area contributed by atoms with E-state index in [1.165, 1.54) is 11.1 Å². The molecule has 1 aliphatic rings. The normalized spacial score (nSPS) is 16.8. The Hall–Kier alpha value is -1.06. The maximum absolute atomic E-state index is 6.24. The maximum Gasteiger partial charge on any atom is 0.0451 e. The van der Waals surface area contributed by atoms with Crippen molar-refractivity contribution in [3.63, 3.8) is 0 Å². The summed E-state index contributed by atoms with van der Waals surface area (Å²) in [6.45, 7) is 6.28. The Labute approximate surface area is 142 Å². The Morgan fingerprint density at radius 3 is 1.95 bits per heavy atom. The van der Waals surface area contributed by atoms with Crippen LogP contribution in [0.25, 0.3) is 0 Å². The lowest BCUT2D eigenvalue weighted by Crippen LogP contribution is -2.45. The second-order valence-electron chi connectivity index (χ2n) is 5.77. The molecule has 0 amide bonds. The molecular formula is C18H20Cl2N2. The third-order valence-electron chi connectivity index (χ3n) is 4.14. The van der Waals surface area contributed by atoms with E-state index in [0.29, 0.717) is 0 Å². The SMILES string of the molecule is Clc1ccc(CN2CCN(Cc3ccccc3Cl)CC2)cc1. The van der Waals surface area contributed by atoms with Crippen LogP contribution in [0.15, 0.2) is 48.5 Å². The Balaban J connectivity index is 1.50. The van der Waals surface area contributed by atoms with Crippen molar-refractivity contribution in [2.24, 2.45) is 0 Å². The molecule has 22 heavy (non-hydrogen) atoms. The molecule has 0 spiro atoms. The largest absolute Gasteiger partial charge is 0.297 e. The van der Waals surface area contributed by atoms with Crippen molar-refractivity contribution < 1.29 is 0 Å². The van der Waals surface area contributed by atoms with Gasteiger partial charge in [-0.3, -0.25) is 9.80 Å². The first-order valence-electron chi connectivity index (χ1n) is 7.63. The van der Waals surface area contributed by atoms with Crippen LogP contribution in [-0.4, -0.2) is 36.0 Å². The Bertz CT molecular complexity index is 605. The minimum Gasteiger partial charge on any atom is -0.297 e. The van der Waals surface area contributed by atoms with Gasteiger partial charge in [0.05, 0.1) is 0 Å². The van der Waals surface area contributed by atoms with Gasteiger partial charge in [0.15, 0.2) is 0 Å². The highest BCUT2D eigenvalue weighted by Gasteiger charge is 2.17. The zero-order chi connectivity index (χ0) is 15.4. The van der Waals surface area contributed by atoms with Crippen LogP contribution in [0.3, 0.4) is 0 Å². The van der Waals surface area contributed by atoms with Gasteiger partial charge < -0.3 is 0 Å². The highest BCUT2D eigenvalue weighted by Crippen LogP contribution is 2.18. The van der Waals surface area contributed by atoms with Gasteiger partial charge in [-0.05, 0) is 29.3 Å². The van der Waals surface area contributed by atoms with E-state index in [1.54, 1.807) is 0 Å². The van der Waals surface area contributed by atoms with Crippen LogP contribution in [-0.2, 0) is 13.1 Å². The summed E-state index contributed by atoms with van der Waals surface area (Å²) in [6, 6.07) is 16.3. The van der Waals surface area contributed by atoms with Crippen LogP contribution in [0, 0.1) is 0 Å². The summed E-state index contributed by atoms with van der Waals surface area (Å²) in [5.41, 5.74) is 2.54. The van der Waals surface area contributed by atoms with Crippen LogP contribution < -0.4 is 0 Å². The number of piperazine rings is 1. The summed E-state index contributed by atoms with van der Waals surface area (Å²) in [5.74, 6) is 0. The van der Waals surface area contributed by atoms with E-state index in [1.807, 2.05) is 24.3 Å². The van der Waals surface area contributed by atoms with Crippen LogP contribution in [0.5, 0.6) is 0 Å². The smallest absolute Gasteiger partial charge is 0.0451 e. The van der Waals surface area contributed by atoms with Gasteiger partial charge >= 0.3 is 0 Å². The highest BCUT2D eigenvalue weighted by atomic mass is 35.5. The molecule has 1 fully saturated rings. The van der Waals surface area contributed by atoms with Crippen molar-refractivity contribution >= 4 is 23.2 Å². The van der Waals surface area contributed by atoms with Crippen molar-refractivity contribution in [2.75, 3.05) is 26.2 Å². The number of benzene rings is 2. The third kappa shape index (κ3) is 4.23. The van der Waals surface area contributed by atoms with Gasteiger partial charge in [0.1, 0.15) is 0 Å². The molecule has 3 rings (SSSR count). The standard InChI is InChI=1S/C18H20Cl2N2/c19-17-7-5-15(6-8-17)13-21-9-11-22(12-10-21)14-16-3-1-2-4-18(16)20/h1-8H,9-14H2.